The van der Waals surface area contributed by atoms with Crippen molar-refractivity contribution in [3.63, 3.8) is 0 Å². The van der Waals surface area contributed by atoms with Gasteiger partial charge in [0.25, 0.3) is 5.91 Å². The van der Waals surface area contributed by atoms with Crippen LogP contribution in [0.5, 0.6) is 5.75 Å². The second-order valence-electron chi connectivity index (χ2n) is 7.04. The molecule has 1 aromatic heterocycles. The number of amidine groups is 1. The van der Waals surface area contributed by atoms with Gasteiger partial charge in [0.2, 0.25) is 0 Å². The molecule has 0 spiro atoms. The predicted octanol–water partition coefficient (Wildman–Crippen LogP) is 2.86. The maximum absolute atomic E-state index is 12.4. The minimum atomic E-state index is -0.476. The Morgan fingerprint density at radius 2 is 1.97 bits per heavy atom. The Balaban J connectivity index is 1.40. The fourth-order valence-corrected chi connectivity index (χ4v) is 3.41. The van der Waals surface area contributed by atoms with Crippen LogP contribution in [0.2, 0.25) is 5.15 Å². The Bertz CT molecular complexity index is 901. The molecule has 1 aromatic carbocycles. The number of halogens is 1. The fourth-order valence-electron chi connectivity index (χ4n) is 3.28. The number of methoxy groups -OCH3 is 1. The van der Waals surface area contributed by atoms with Crippen molar-refractivity contribution in [1.29, 1.82) is 0 Å². The number of carbonyl (C=O) groups is 1. The normalized spacial score (nSPS) is 15.8. The number of amides is 1. The van der Waals surface area contributed by atoms with E-state index < -0.39 is 5.91 Å². The number of aromatic nitrogens is 2. The molecular formula is C20H25ClN6O2. The van der Waals surface area contributed by atoms with Crippen LogP contribution in [0.4, 0.5) is 11.6 Å². The Morgan fingerprint density at radius 1 is 1.21 bits per heavy atom. The van der Waals surface area contributed by atoms with E-state index in [4.69, 9.17) is 27.8 Å². The van der Waals surface area contributed by atoms with Crippen molar-refractivity contribution in [2.45, 2.75) is 32.1 Å². The Morgan fingerprint density at radius 3 is 2.69 bits per heavy atom. The molecule has 2 aromatic rings. The molecule has 9 heteroatoms. The highest BCUT2D eigenvalue weighted by molar-refractivity contribution is 6.31. The lowest BCUT2D eigenvalue weighted by molar-refractivity contribution is 0.0972. The lowest BCUT2D eigenvalue weighted by Gasteiger charge is -2.10. The maximum Gasteiger partial charge on any atom is 0.279 e. The minimum absolute atomic E-state index is 0.00590. The summed E-state index contributed by atoms with van der Waals surface area (Å²) in [5.74, 6) is 1.41. The molecule has 1 aliphatic heterocycles. The number of carbonyl (C=O) groups excluding carboxylic acids is 1. The number of unbranched alkanes of at least 4 members (excludes halogenated alkanes) is 1. The van der Waals surface area contributed by atoms with Crippen LogP contribution in [0.3, 0.4) is 0 Å². The first kappa shape index (κ1) is 20.9. The maximum atomic E-state index is 12.4. The number of aliphatic imine (C=N–C) groups is 1. The van der Waals surface area contributed by atoms with Gasteiger partial charge in [0.15, 0.2) is 22.5 Å². The molecule has 3 rings (SSSR count). The molecule has 1 aliphatic rings. The highest BCUT2D eigenvalue weighted by atomic mass is 35.5. The summed E-state index contributed by atoms with van der Waals surface area (Å²) in [7, 11) is 1.67. The Labute approximate surface area is 174 Å². The molecule has 1 amide bonds. The van der Waals surface area contributed by atoms with E-state index in [9.17, 15) is 4.79 Å². The standard InChI is InChI=1S/C20H25ClN6O2/c1-29-14-8-6-12(7-9-14)4-2-3-5-13-10-15(24-11-13)25-20(28)16-18(22)27-19(23)17(21)26-16/h6-9,13H,2-5,10-11H2,1H3,(H4,22,23,27)(H,24,25,28). The summed E-state index contributed by atoms with van der Waals surface area (Å²) in [5, 5.41) is 2.71. The molecule has 0 fully saturated rings. The van der Waals surface area contributed by atoms with E-state index in [-0.39, 0.29) is 22.5 Å². The molecule has 0 aliphatic carbocycles. The van der Waals surface area contributed by atoms with E-state index in [1.54, 1.807) is 7.11 Å². The van der Waals surface area contributed by atoms with Gasteiger partial charge in [-0.15, -0.1) is 0 Å². The van der Waals surface area contributed by atoms with Gasteiger partial charge < -0.3 is 21.5 Å². The molecule has 0 saturated heterocycles. The highest BCUT2D eigenvalue weighted by Gasteiger charge is 2.22. The zero-order valence-corrected chi connectivity index (χ0v) is 17.1. The molecule has 29 heavy (non-hydrogen) atoms. The van der Waals surface area contributed by atoms with E-state index in [2.05, 4.69) is 32.4 Å². The predicted molar refractivity (Wildman–Crippen MR) is 114 cm³/mol. The fraction of sp³-hybridized carbons (Fsp3) is 0.400. The second-order valence-corrected chi connectivity index (χ2v) is 7.40. The number of aryl methyl sites for hydroxylation is 1. The van der Waals surface area contributed by atoms with Crippen LogP contribution < -0.4 is 21.5 Å². The SMILES string of the molecule is COc1ccc(CCCCC2CN=C(NC(=O)c3nc(Cl)c(N)nc3N)C2)cc1. The van der Waals surface area contributed by atoms with Gasteiger partial charge >= 0.3 is 0 Å². The minimum Gasteiger partial charge on any atom is -0.497 e. The molecular weight excluding hydrogens is 392 g/mol. The van der Waals surface area contributed by atoms with Crippen LogP contribution in [0.25, 0.3) is 0 Å². The number of hydrogen-bond acceptors (Lipinski definition) is 7. The van der Waals surface area contributed by atoms with E-state index in [1.165, 1.54) is 5.56 Å². The smallest absolute Gasteiger partial charge is 0.279 e. The van der Waals surface area contributed by atoms with Crippen LogP contribution in [0.1, 0.15) is 41.7 Å². The van der Waals surface area contributed by atoms with Gasteiger partial charge in [0.1, 0.15) is 11.6 Å². The number of anilines is 2. The van der Waals surface area contributed by atoms with Crippen LogP contribution in [-0.2, 0) is 6.42 Å². The summed E-state index contributed by atoms with van der Waals surface area (Å²) >= 11 is 5.83. The Hall–Kier alpha value is -2.87. The molecule has 5 N–H and O–H groups in total. The zero-order chi connectivity index (χ0) is 20.8. The van der Waals surface area contributed by atoms with Gasteiger partial charge in [0.05, 0.1) is 7.11 Å². The average molecular weight is 417 g/mol. The summed E-state index contributed by atoms with van der Waals surface area (Å²) in [6.07, 6.45) is 5.05. The van der Waals surface area contributed by atoms with Crippen LogP contribution >= 0.6 is 11.6 Å². The summed E-state index contributed by atoms with van der Waals surface area (Å²) in [6, 6.07) is 8.17. The number of ether oxygens (including phenoxy) is 1. The molecule has 1 atom stereocenters. The van der Waals surface area contributed by atoms with Gasteiger partial charge in [0, 0.05) is 13.0 Å². The van der Waals surface area contributed by atoms with Crippen molar-refractivity contribution in [3.05, 3.63) is 40.7 Å². The van der Waals surface area contributed by atoms with Crippen molar-refractivity contribution >= 4 is 35.0 Å². The number of nitrogen functional groups attached to an aromatic ring is 2. The van der Waals surface area contributed by atoms with Crippen LogP contribution in [0, 0.1) is 5.92 Å². The quantitative estimate of drug-likeness (QED) is 0.595. The number of rotatable bonds is 7. The molecule has 0 bridgehead atoms. The van der Waals surface area contributed by atoms with Crippen molar-refractivity contribution in [2.24, 2.45) is 10.9 Å². The summed E-state index contributed by atoms with van der Waals surface area (Å²) in [4.78, 5) is 24.5. The Kier molecular flexibility index (Phi) is 6.87. The lowest BCUT2D eigenvalue weighted by atomic mass is 9.98. The van der Waals surface area contributed by atoms with Crippen molar-refractivity contribution in [3.8, 4) is 5.75 Å². The topological polar surface area (TPSA) is 129 Å². The van der Waals surface area contributed by atoms with E-state index >= 15 is 0 Å². The number of benzene rings is 1. The summed E-state index contributed by atoms with van der Waals surface area (Å²) in [6.45, 7) is 0.710. The van der Waals surface area contributed by atoms with E-state index in [1.807, 2.05) is 12.1 Å². The van der Waals surface area contributed by atoms with Crippen molar-refractivity contribution in [2.75, 3.05) is 25.1 Å². The van der Waals surface area contributed by atoms with Crippen LogP contribution in [-0.4, -0.2) is 35.4 Å². The first-order valence-electron chi connectivity index (χ1n) is 9.52. The number of nitrogens with two attached hydrogens (primary N) is 2. The van der Waals surface area contributed by atoms with E-state index in [0.717, 1.165) is 37.9 Å². The molecule has 154 valence electrons. The van der Waals surface area contributed by atoms with Crippen molar-refractivity contribution in [1.82, 2.24) is 15.3 Å². The molecule has 0 radical (unpaired) electrons. The molecule has 8 nitrogen and oxygen atoms in total. The number of hydrogen-bond donors (Lipinski definition) is 3. The summed E-state index contributed by atoms with van der Waals surface area (Å²) in [5.41, 5.74) is 12.5. The third-order valence-corrected chi connectivity index (χ3v) is 5.17. The van der Waals surface area contributed by atoms with Gasteiger partial charge in [-0.2, -0.15) is 0 Å². The number of nitrogens with zero attached hydrogens (tertiary/aromatic N) is 3. The lowest BCUT2D eigenvalue weighted by Crippen LogP contribution is -2.31. The third-order valence-electron chi connectivity index (χ3n) is 4.89. The zero-order valence-electron chi connectivity index (χ0n) is 16.3. The van der Waals surface area contributed by atoms with Crippen molar-refractivity contribution < 1.29 is 9.53 Å². The monoisotopic (exact) mass is 416 g/mol. The molecule has 1 unspecified atom stereocenters. The largest absolute Gasteiger partial charge is 0.497 e. The third kappa shape index (κ3) is 5.57. The van der Waals surface area contributed by atoms with Gasteiger partial charge in [-0.25, -0.2) is 9.97 Å². The first-order chi connectivity index (χ1) is 14.0. The first-order valence-corrected chi connectivity index (χ1v) is 9.90. The highest BCUT2D eigenvalue weighted by Crippen LogP contribution is 2.22. The second kappa shape index (κ2) is 9.56. The molecule has 0 saturated carbocycles. The molecule has 2 heterocycles. The van der Waals surface area contributed by atoms with Gasteiger partial charge in [-0.3, -0.25) is 9.79 Å². The van der Waals surface area contributed by atoms with Crippen LogP contribution in [0.15, 0.2) is 29.3 Å². The van der Waals surface area contributed by atoms with Gasteiger partial charge in [-0.05, 0) is 42.9 Å². The van der Waals surface area contributed by atoms with Gasteiger partial charge in [-0.1, -0.05) is 30.2 Å². The average Bonchev–Trinajstić information content (AvgIpc) is 3.15. The summed E-state index contributed by atoms with van der Waals surface area (Å²) < 4.78 is 5.18. The number of nitrogens with one attached hydrogen (secondary N) is 1. The van der Waals surface area contributed by atoms with E-state index in [0.29, 0.717) is 18.3 Å².